The highest BCUT2D eigenvalue weighted by molar-refractivity contribution is 7.89. The fourth-order valence-electron chi connectivity index (χ4n) is 4.12. The molecule has 1 aliphatic heterocycles. The third-order valence-electron chi connectivity index (χ3n) is 6.10. The molecule has 2 fully saturated rings. The van der Waals surface area contributed by atoms with Crippen molar-refractivity contribution in [1.82, 2.24) is 9.62 Å². The van der Waals surface area contributed by atoms with Gasteiger partial charge in [-0.15, -0.1) is 0 Å². The molecule has 1 atom stereocenters. The monoisotopic (exact) mass is 452 g/mol. The second-order valence-electron chi connectivity index (χ2n) is 8.28. The van der Waals surface area contributed by atoms with Gasteiger partial charge in [0.1, 0.15) is 5.75 Å². The quantitative estimate of drug-likeness (QED) is 0.638. The lowest BCUT2D eigenvalue weighted by Crippen LogP contribution is -2.44. The Morgan fingerprint density at radius 1 is 1.03 bits per heavy atom. The van der Waals surface area contributed by atoms with Gasteiger partial charge in [-0.25, -0.2) is 8.42 Å². The average molecular weight is 453 g/mol. The Morgan fingerprint density at radius 3 is 2.23 bits per heavy atom. The van der Waals surface area contributed by atoms with Crippen molar-refractivity contribution in [2.75, 3.05) is 20.2 Å². The largest absolute Gasteiger partial charge is 0.497 e. The molecule has 1 aromatic carbocycles. The van der Waals surface area contributed by atoms with Crippen LogP contribution < -0.4 is 10.1 Å². The first kappa shape index (κ1) is 23.5. The van der Waals surface area contributed by atoms with Crippen molar-refractivity contribution in [3.8, 4) is 5.75 Å². The van der Waals surface area contributed by atoms with Crippen LogP contribution in [0.3, 0.4) is 0 Å². The highest BCUT2D eigenvalue weighted by Gasteiger charge is 2.34. The molecular formula is C22H32N2O6S. The number of hydrogen-bond acceptors (Lipinski definition) is 6. The Bertz CT molecular complexity index is 856. The predicted molar refractivity (Wildman–Crippen MR) is 115 cm³/mol. The van der Waals surface area contributed by atoms with Crippen molar-refractivity contribution in [2.24, 2.45) is 5.92 Å². The van der Waals surface area contributed by atoms with E-state index in [1.54, 1.807) is 19.1 Å². The minimum absolute atomic E-state index is 0.161. The zero-order valence-corrected chi connectivity index (χ0v) is 19.0. The molecule has 1 aliphatic carbocycles. The highest BCUT2D eigenvalue weighted by Crippen LogP contribution is 2.26. The van der Waals surface area contributed by atoms with Gasteiger partial charge in [0.2, 0.25) is 10.0 Å². The number of carbonyl (C=O) groups is 2. The van der Waals surface area contributed by atoms with E-state index in [4.69, 9.17) is 9.47 Å². The third-order valence-corrected chi connectivity index (χ3v) is 8.01. The van der Waals surface area contributed by atoms with Crippen LogP contribution in [0.1, 0.15) is 51.9 Å². The fourth-order valence-corrected chi connectivity index (χ4v) is 5.59. The molecule has 1 aromatic rings. The SMILES string of the molecule is COc1ccc(S(=O)(=O)N2CCC(C(=O)O[C@H](C)C(=O)NC3CCCCC3)CC2)cc1. The van der Waals surface area contributed by atoms with Crippen molar-refractivity contribution < 1.29 is 27.5 Å². The fraction of sp³-hybridized carbons (Fsp3) is 0.636. The molecule has 0 bridgehead atoms. The summed E-state index contributed by atoms with van der Waals surface area (Å²) < 4.78 is 37.5. The van der Waals surface area contributed by atoms with Gasteiger partial charge in [0.15, 0.2) is 6.10 Å². The lowest BCUT2D eigenvalue weighted by Gasteiger charge is -2.31. The van der Waals surface area contributed by atoms with Gasteiger partial charge in [0.05, 0.1) is 17.9 Å². The number of hydrogen-bond donors (Lipinski definition) is 1. The number of esters is 1. The van der Waals surface area contributed by atoms with Crippen LogP contribution in [0, 0.1) is 5.92 Å². The first-order valence-electron chi connectivity index (χ1n) is 11.0. The van der Waals surface area contributed by atoms with Gasteiger partial charge < -0.3 is 14.8 Å². The molecule has 1 saturated carbocycles. The number of amides is 1. The van der Waals surface area contributed by atoms with E-state index in [9.17, 15) is 18.0 Å². The highest BCUT2D eigenvalue weighted by atomic mass is 32.2. The first-order valence-corrected chi connectivity index (χ1v) is 12.4. The summed E-state index contributed by atoms with van der Waals surface area (Å²) in [6, 6.07) is 6.41. The second kappa shape index (κ2) is 10.5. The van der Waals surface area contributed by atoms with Gasteiger partial charge in [0, 0.05) is 19.1 Å². The standard InChI is InChI=1S/C22H32N2O6S/c1-16(21(25)23-18-6-4-3-5-7-18)30-22(26)17-12-14-24(15-13-17)31(27,28)20-10-8-19(29-2)9-11-20/h8-11,16-18H,3-7,12-15H2,1-2H3,(H,23,25)/t16-/m1/s1. The number of carbonyl (C=O) groups excluding carboxylic acids is 2. The molecular weight excluding hydrogens is 420 g/mol. The van der Waals surface area contributed by atoms with Crippen molar-refractivity contribution >= 4 is 21.9 Å². The second-order valence-corrected chi connectivity index (χ2v) is 10.2. The van der Waals surface area contributed by atoms with Crippen LogP contribution >= 0.6 is 0 Å². The van der Waals surface area contributed by atoms with Gasteiger partial charge in [-0.2, -0.15) is 4.31 Å². The molecule has 172 valence electrons. The van der Waals surface area contributed by atoms with Crippen LogP contribution in [0.25, 0.3) is 0 Å². The number of ether oxygens (including phenoxy) is 2. The van der Waals surface area contributed by atoms with Crippen LogP contribution in [0.5, 0.6) is 5.75 Å². The van der Waals surface area contributed by atoms with E-state index in [1.807, 2.05) is 0 Å². The maximum Gasteiger partial charge on any atom is 0.309 e. The Labute approximate surface area is 184 Å². The molecule has 0 unspecified atom stereocenters. The van der Waals surface area contributed by atoms with E-state index < -0.39 is 28.0 Å². The lowest BCUT2D eigenvalue weighted by atomic mass is 9.95. The number of nitrogens with one attached hydrogen (secondary N) is 1. The molecule has 1 heterocycles. The topological polar surface area (TPSA) is 102 Å². The van der Waals surface area contributed by atoms with E-state index in [-0.39, 0.29) is 29.9 Å². The summed E-state index contributed by atoms with van der Waals surface area (Å²) in [5, 5.41) is 2.97. The number of piperidine rings is 1. The van der Waals surface area contributed by atoms with Crippen LogP contribution in [-0.2, 0) is 24.3 Å². The molecule has 9 heteroatoms. The summed E-state index contributed by atoms with van der Waals surface area (Å²) in [5.41, 5.74) is 0. The van der Waals surface area contributed by atoms with E-state index in [0.717, 1.165) is 25.7 Å². The minimum atomic E-state index is -3.63. The minimum Gasteiger partial charge on any atom is -0.497 e. The smallest absolute Gasteiger partial charge is 0.309 e. The summed E-state index contributed by atoms with van der Waals surface area (Å²) in [6.07, 6.45) is 5.23. The molecule has 1 amide bonds. The Kier molecular flexibility index (Phi) is 7.94. The number of methoxy groups -OCH3 is 1. The normalized spacial score (nSPS) is 20.1. The third kappa shape index (κ3) is 5.98. The molecule has 0 aromatic heterocycles. The molecule has 2 aliphatic rings. The van der Waals surface area contributed by atoms with E-state index >= 15 is 0 Å². The van der Waals surface area contributed by atoms with Gasteiger partial charge in [-0.1, -0.05) is 19.3 Å². The molecule has 0 spiro atoms. The first-order chi connectivity index (χ1) is 14.8. The molecule has 0 radical (unpaired) electrons. The number of sulfonamides is 1. The van der Waals surface area contributed by atoms with Gasteiger partial charge >= 0.3 is 5.97 Å². The van der Waals surface area contributed by atoms with Crippen molar-refractivity contribution in [3.63, 3.8) is 0 Å². The Hall–Kier alpha value is -2.13. The summed E-state index contributed by atoms with van der Waals surface area (Å²) in [5.74, 6) is -0.526. The van der Waals surface area contributed by atoms with Crippen LogP contribution in [0.2, 0.25) is 0 Å². The number of rotatable bonds is 7. The summed E-state index contributed by atoms with van der Waals surface area (Å²) in [4.78, 5) is 25.0. The average Bonchev–Trinajstić information content (AvgIpc) is 2.79. The van der Waals surface area contributed by atoms with Gasteiger partial charge in [-0.05, 0) is 56.9 Å². The van der Waals surface area contributed by atoms with Crippen molar-refractivity contribution in [1.29, 1.82) is 0 Å². The van der Waals surface area contributed by atoms with Crippen molar-refractivity contribution in [2.45, 2.75) is 68.9 Å². The molecule has 3 rings (SSSR count). The number of nitrogens with zero attached hydrogens (tertiary/aromatic N) is 1. The Balaban J connectivity index is 1.49. The molecule has 31 heavy (non-hydrogen) atoms. The molecule has 1 saturated heterocycles. The van der Waals surface area contributed by atoms with E-state index in [2.05, 4.69) is 5.32 Å². The summed E-state index contributed by atoms with van der Waals surface area (Å²) >= 11 is 0. The molecule has 1 N–H and O–H groups in total. The predicted octanol–water partition coefficient (Wildman–Crippen LogP) is 2.48. The maximum absolute atomic E-state index is 12.8. The number of benzene rings is 1. The van der Waals surface area contributed by atoms with Crippen LogP contribution in [-0.4, -0.2) is 56.9 Å². The van der Waals surface area contributed by atoms with Gasteiger partial charge in [-0.3, -0.25) is 9.59 Å². The van der Waals surface area contributed by atoms with Crippen LogP contribution in [0.15, 0.2) is 29.2 Å². The van der Waals surface area contributed by atoms with E-state index in [0.29, 0.717) is 18.6 Å². The van der Waals surface area contributed by atoms with Crippen molar-refractivity contribution in [3.05, 3.63) is 24.3 Å². The summed E-state index contributed by atoms with van der Waals surface area (Å²) in [7, 11) is -2.11. The molecule has 8 nitrogen and oxygen atoms in total. The van der Waals surface area contributed by atoms with Crippen LogP contribution in [0.4, 0.5) is 0 Å². The summed E-state index contributed by atoms with van der Waals surface area (Å²) in [6.45, 7) is 2.05. The van der Waals surface area contributed by atoms with Gasteiger partial charge in [0.25, 0.3) is 5.91 Å². The van der Waals surface area contributed by atoms with E-state index in [1.165, 1.54) is 30.0 Å². The lowest BCUT2D eigenvalue weighted by molar-refractivity contribution is -0.160. The maximum atomic E-state index is 12.8. The Morgan fingerprint density at radius 2 is 1.65 bits per heavy atom. The zero-order valence-electron chi connectivity index (χ0n) is 18.2. The zero-order chi connectivity index (χ0) is 22.4.